The van der Waals surface area contributed by atoms with E-state index in [-0.39, 0.29) is 0 Å². The van der Waals surface area contributed by atoms with Gasteiger partial charge in [0.2, 0.25) is 0 Å². The lowest BCUT2D eigenvalue weighted by Crippen LogP contribution is -2.14. The molecule has 6 heteroatoms. The summed E-state index contributed by atoms with van der Waals surface area (Å²) in [5.74, 6) is -0.400. The van der Waals surface area contributed by atoms with Gasteiger partial charge in [0.25, 0.3) is 0 Å². The lowest BCUT2D eigenvalue weighted by atomic mass is 9.95. The van der Waals surface area contributed by atoms with Crippen molar-refractivity contribution in [3.63, 3.8) is 0 Å². The van der Waals surface area contributed by atoms with E-state index in [2.05, 4.69) is 9.73 Å². The molecule has 0 fully saturated rings. The number of nitrogens with zero attached hydrogens (tertiary/aromatic N) is 1. The Kier molecular flexibility index (Phi) is 4.62. The van der Waals surface area contributed by atoms with E-state index in [0.717, 1.165) is 0 Å². The van der Waals surface area contributed by atoms with E-state index in [4.69, 9.17) is 16.3 Å². The summed E-state index contributed by atoms with van der Waals surface area (Å²) in [6.07, 6.45) is 1.54. The lowest BCUT2D eigenvalue weighted by Gasteiger charge is -2.17. The fraction of sp³-hybridized carbons (Fsp3) is 0.111. The van der Waals surface area contributed by atoms with Gasteiger partial charge in [0.05, 0.1) is 12.8 Å². The van der Waals surface area contributed by atoms with Crippen molar-refractivity contribution >= 4 is 23.5 Å². The minimum atomic E-state index is -0.820. The van der Waals surface area contributed by atoms with Crippen molar-refractivity contribution in [3.05, 3.63) is 82.3 Å². The third kappa shape index (κ3) is 3.16. The van der Waals surface area contributed by atoms with Crippen LogP contribution in [-0.4, -0.2) is 19.0 Å². The van der Waals surface area contributed by atoms with Crippen LogP contribution in [0.3, 0.4) is 0 Å². The summed E-state index contributed by atoms with van der Waals surface area (Å²) < 4.78 is 24.0. The first kappa shape index (κ1) is 16.2. The van der Waals surface area contributed by atoms with Crippen molar-refractivity contribution in [2.24, 2.45) is 4.99 Å². The van der Waals surface area contributed by atoms with Crippen molar-refractivity contribution < 1.29 is 18.7 Å². The van der Waals surface area contributed by atoms with Crippen LogP contribution in [0.15, 0.2) is 59.7 Å². The Morgan fingerprint density at radius 3 is 2.75 bits per heavy atom. The van der Waals surface area contributed by atoms with Crippen LogP contribution in [0.2, 0.25) is 5.02 Å². The quantitative estimate of drug-likeness (QED) is 0.743. The highest BCUT2D eigenvalue weighted by Crippen LogP contribution is 2.31. The standard InChI is InChI=1S/C18H13ClFNO3/c1-23-18(22)24-16-8-9-21-17(13-4-2-3-5-15(13)20)14-10-11(19)6-7-12(14)16/h2-10,16H,1H3. The van der Waals surface area contributed by atoms with Crippen LogP contribution in [0.5, 0.6) is 0 Å². The number of fused-ring (bicyclic) bond motifs is 1. The maximum atomic E-state index is 14.2. The largest absolute Gasteiger partial charge is 0.508 e. The summed E-state index contributed by atoms with van der Waals surface area (Å²) in [5, 5.41) is 0.469. The highest BCUT2D eigenvalue weighted by atomic mass is 35.5. The predicted octanol–water partition coefficient (Wildman–Crippen LogP) is 4.67. The van der Waals surface area contributed by atoms with Crippen LogP contribution in [0.4, 0.5) is 9.18 Å². The molecular weight excluding hydrogens is 333 g/mol. The number of rotatable bonds is 2. The van der Waals surface area contributed by atoms with Crippen molar-refractivity contribution in [1.82, 2.24) is 0 Å². The monoisotopic (exact) mass is 345 g/mol. The first-order valence-corrected chi connectivity index (χ1v) is 7.51. The fourth-order valence-electron chi connectivity index (χ4n) is 2.47. The molecule has 1 atom stereocenters. The molecule has 2 aromatic rings. The number of hydrogen-bond acceptors (Lipinski definition) is 4. The summed E-state index contributed by atoms with van der Waals surface area (Å²) in [5.41, 5.74) is 1.98. The maximum absolute atomic E-state index is 14.2. The molecule has 0 radical (unpaired) electrons. The molecule has 0 saturated carbocycles. The molecule has 0 aromatic heterocycles. The van der Waals surface area contributed by atoms with Crippen molar-refractivity contribution in [2.75, 3.05) is 7.11 Å². The molecule has 1 aliphatic heterocycles. The molecule has 0 aliphatic carbocycles. The predicted molar refractivity (Wildman–Crippen MR) is 88.9 cm³/mol. The molecular formula is C18H13ClFNO3. The second-order valence-corrected chi connectivity index (χ2v) is 5.46. The van der Waals surface area contributed by atoms with Gasteiger partial charge in [0, 0.05) is 27.9 Å². The van der Waals surface area contributed by atoms with Gasteiger partial charge in [-0.05, 0) is 30.3 Å². The molecule has 3 rings (SSSR count). The molecule has 4 nitrogen and oxygen atoms in total. The van der Waals surface area contributed by atoms with Crippen molar-refractivity contribution in [1.29, 1.82) is 0 Å². The van der Waals surface area contributed by atoms with Gasteiger partial charge in [-0.1, -0.05) is 29.8 Å². The summed E-state index contributed by atoms with van der Waals surface area (Å²) in [6, 6.07) is 11.4. The Morgan fingerprint density at radius 2 is 2.00 bits per heavy atom. The Hall–Kier alpha value is -2.66. The van der Waals surface area contributed by atoms with Crippen LogP contribution < -0.4 is 0 Å². The van der Waals surface area contributed by atoms with E-state index >= 15 is 0 Å². The van der Waals surface area contributed by atoms with Gasteiger partial charge < -0.3 is 9.47 Å². The van der Waals surface area contributed by atoms with Crippen LogP contribution in [-0.2, 0) is 9.47 Å². The third-order valence-electron chi connectivity index (χ3n) is 3.56. The summed E-state index contributed by atoms with van der Waals surface area (Å²) >= 11 is 6.10. The van der Waals surface area contributed by atoms with Gasteiger partial charge in [-0.3, -0.25) is 4.99 Å². The van der Waals surface area contributed by atoms with E-state index in [1.54, 1.807) is 42.5 Å². The summed E-state index contributed by atoms with van der Waals surface area (Å²) in [7, 11) is 1.23. The highest BCUT2D eigenvalue weighted by Gasteiger charge is 2.24. The van der Waals surface area contributed by atoms with Crippen LogP contribution in [0, 0.1) is 5.82 Å². The minimum Gasteiger partial charge on any atom is -0.438 e. The van der Waals surface area contributed by atoms with E-state index in [1.165, 1.54) is 19.4 Å². The molecule has 0 spiro atoms. The molecule has 0 N–H and O–H groups in total. The van der Waals surface area contributed by atoms with E-state index < -0.39 is 18.1 Å². The molecule has 1 heterocycles. The van der Waals surface area contributed by atoms with Gasteiger partial charge in [-0.25, -0.2) is 9.18 Å². The number of methoxy groups -OCH3 is 1. The second-order valence-electron chi connectivity index (χ2n) is 5.02. The number of ether oxygens (including phenoxy) is 2. The Bertz CT molecular complexity index is 848. The number of hydrogen-bond donors (Lipinski definition) is 0. The Balaban J connectivity index is 2.13. The lowest BCUT2D eigenvalue weighted by molar-refractivity contribution is 0.0521. The number of aliphatic imine (C=N–C) groups is 1. The van der Waals surface area contributed by atoms with Gasteiger partial charge in [-0.2, -0.15) is 0 Å². The first-order chi connectivity index (χ1) is 11.6. The van der Waals surface area contributed by atoms with Crippen LogP contribution in [0.1, 0.15) is 22.8 Å². The van der Waals surface area contributed by atoms with Crippen molar-refractivity contribution in [3.8, 4) is 0 Å². The zero-order chi connectivity index (χ0) is 17.1. The SMILES string of the molecule is COC(=O)OC1C=CN=C(c2ccccc2F)c2cc(Cl)ccc21. The zero-order valence-electron chi connectivity index (χ0n) is 12.7. The molecule has 2 aromatic carbocycles. The molecule has 0 amide bonds. The van der Waals surface area contributed by atoms with Gasteiger partial charge in [0.1, 0.15) is 5.82 Å². The van der Waals surface area contributed by atoms with E-state index in [9.17, 15) is 9.18 Å². The average Bonchev–Trinajstić information content (AvgIpc) is 2.74. The Labute approximate surface area is 143 Å². The van der Waals surface area contributed by atoms with Gasteiger partial charge in [-0.15, -0.1) is 0 Å². The summed E-state index contributed by atoms with van der Waals surface area (Å²) in [6.45, 7) is 0. The zero-order valence-corrected chi connectivity index (χ0v) is 13.5. The smallest absolute Gasteiger partial charge is 0.438 e. The van der Waals surface area contributed by atoms with E-state index in [0.29, 0.717) is 27.4 Å². The average molecular weight is 346 g/mol. The fourth-order valence-corrected chi connectivity index (χ4v) is 2.65. The normalized spacial score (nSPS) is 16.0. The number of benzene rings is 2. The van der Waals surface area contributed by atoms with Gasteiger partial charge in [0.15, 0.2) is 6.10 Å². The second kappa shape index (κ2) is 6.84. The molecule has 122 valence electrons. The van der Waals surface area contributed by atoms with Crippen LogP contribution in [0.25, 0.3) is 0 Å². The topological polar surface area (TPSA) is 47.9 Å². The third-order valence-corrected chi connectivity index (χ3v) is 3.80. The summed E-state index contributed by atoms with van der Waals surface area (Å²) in [4.78, 5) is 15.8. The molecule has 0 saturated heterocycles. The number of carbonyl (C=O) groups excluding carboxylic acids is 1. The maximum Gasteiger partial charge on any atom is 0.508 e. The number of halogens is 2. The van der Waals surface area contributed by atoms with E-state index in [1.807, 2.05) is 0 Å². The van der Waals surface area contributed by atoms with Crippen LogP contribution >= 0.6 is 11.6 Å². The van der Waals surface area contributed by atoms with Gasteiger partial charge >= 0.3 is 6.16 Å². The first-order valence-electron chi connectivity index (χ1n) is 7.14. The number of carbonyl (C=O) groups is 1. The Morgan fingerprint density at radius 1 is 1.21 bits per heavy atom. The molecule has 1 aliphatic rings. The van der Waals surface area contributed by atoms with Crippen molar-refractivity contribution in [2.45, 2.75) is 6.10 Å². The molecule has 1 unspecified atom stereocenters. The highest BCUT2D eigenvalue weighted by molar-refractivity contribution is 6.31. The molecule has 24 heavy (non-hydrogen) atoms. The molecule has 0 bridgehead atoms. The minimum absolute atomic E-state index is 0.337.